The van der Waals surface area contributed by atoms with Crippen LogP contribution in [0, 0.1) is 0 Å². The summed E-state index contributed by atoms with van der Waals surface area (Å²) in [5, 5.41) is 5.49. The number of aromatic nitrogens is 1. The second-order valence-electron chi connectivity index (χ2n) is 7.65. The summed E-state index contributed by atoms with van der Waals surface area (Å²) >= 11 is 1.75. The van der Waals surface area contributed by atoms with Crippen LogP contribution in [0.4, 0.5) is 5.82 Å². The average Bonchev–Trinajstić information content (AvgIpc) is 3.30. The molecular formula is C20H29N5O3S2. The zero-order valence-corrected chi connectivity index (χ0v) is 18.9. The lowest BCUT2D eigenvalue weighted by Crippen LogP contribution is -2.47. The minimum Gasteiger partial charge on any atom is -0.379 e. The van der Waals surface area contributed by atoms with E-state index >= 15 is 0 Å². The van der Waals surface area contributed by atoms with E-state index in [1.807, 2.05) is 7.05 Å². The molecule has 2 fully saturated rings. The lowest BCUT2D eigenvalue weighted by Gasteiger charge is -2.34. The first-order valence-corrected chi connectivity index (χ1v) is 12.6. The highest BCUT2D eigenvalue weighted by Gasteiger charge is 2.28. The van der Waals surface area contributed by atoms with E-state index in [9.17, 15) is 8.42 Å². The zero-order valence-electron chi connectivity index (χ0n) is 17.2. The molecular weight excluding hydrogens is 422 g/mol. The molecule has 0 aliphatic carbocycles. The van der Waals surface area contributed by atoms with Crippen molar-refractivity contribution in [2.45, 2.75) is 10.9 Å². The maximum Gasteiger partial charge on any atom is 0.244 e. The number of anilines is 1. The summed E-state index contributed by atoms with van der Waals surface area (Å²) in [4.78, 5) is 10.5. The highest BCUT2D eigenvalue weighted by Crippen LogP contribution is 2.26. The van der Waals surface area contributed by atoms with Crippen molar-refractivity contribution < 1.29 is 13.2 Å². The van der Waals surface area contributed by atoms with Crippen molar-refractivity contribution in [2.24, 2.45) is 0 Å². The summed E-state index contributed by atoms with van der Waals surface area (Å²) in [5.41, 5.74) is 0. The largest absolute Gasteiger partial charge is 0.379 e. The number of sulfonamides is 1. The number of thiophene rings is 1. The van der Waals surface area contributed by atoms with E-state index in [0.29, 0.717) is 25.5 Å². The van der Waals surface area contributed by atoms with Gasteiger partial charge in [0.15, 0.2) is 0 Å². The van der Waals surface area contributed by atoms with Crippen LogP contribution >= 0.6 is 11.3 Å². The molecule has 0 saturated carbocycles. The Morgan fingerprint density at radius 2 is 1.90 bits per heavy atom. The molecule has 1 atom stereocenters. The fourth-order valence-corrected chi connectivity index (χ4v) is 6.02. The Morgan fingerprint density at radius 3 is 2.53 bits per heavy atom. The molecule has 0 aromatic carbocycles. The summed E-state index contributed by atoms with van der Waals surface area (Å²) < 4.78 is 32.8. The number of pyridine rings is 1. The fourth-order valence-electron chi connectivity index (χ4n) is 3.80. The number of hydrogen-bond donors (Lipinski definition) is 1. The molecule has 0 spiro atoms. The van der Waals surface area contributed by atoms with Crippen LogP contribution in [0.15, 0.2) is 40.7 Å². The monoisotopic (exact) mass is 451 g/mol. The summed E-state index contributed by atoms with van der Waals surface area (Å²) in [6.45, 7) is 6.54. The molecule has 2 aromatic rings. The average molecular weight is 452 g/mol. The molecule has 164 valence electrons. The van der Waals surface area contributed by atoms with Crippen molar-refractivity contribution >= 4 is 27.2 Å². The lowest BCUT2D eigenvalue weighted by atomic mass is 10.2. The first kappa shape index (κ1) is 21.7. The summed E-state index contributed by atoms with van der Waals surface area (Å²) in [6, 6.07) is 7.88. The van der Waals surface area contributed by atoms with Crippen LogP contribution in [0.25, 0.3) is 0 Å². The van der Waals surface area contributed by atoms with Crippen molar-refractivity contribution in [1.82, 2.24) is 19.1 Å². The van der Waals surface area contributed by atoms with Crippen LogP contribution in [-0.2, 0) is 14.8 Å². The van der Waals surface area contributed by atoms with Gasteiger partial charge < -0.3 is 15.0 Å². The predicted octanol–water partition coefficient (Wildman–Crippen LogP) is 1.56. The quantitative estimate of drug-likeness (QED) is 0.685. The first-order chi connectivity index (χ1) is 14.5. The topological polar surface area (TPSA) is 78.0 Å². The summed E-state index contributed by atoms with van der Waals surface area (Å²) in [7, 11) is -1.48. The number of nitrogens with zero attached hydrogens (tertiary/aromatic N) is 4. The Kier molecular flexibility index (Phi) is 7.01. The molecule has 10 heteroatoms. The van der Waals surface area contributed by atoms with E-state index < -0.39 is 10.0 Å². The van der Waals surface area contributed by atoms with Crippen molar-refractivity contribution in [3.8, 4) is 0 Å². The van der Waals surface area contributed by atoms with Crippen LogP contribution in [0.1, 0.15) is 10.9 Å². The SMILES string of the molecule is CN1CCN(S(=O)(=O)c2ccc(NCC(c3cccs3)N3CCOCC3)nc2)CC1. The molecule has 4 heterocycles. The Balaban J connectivity index is 1.41. The minimum absolute atomic E-state index is 0.240. The first-order valence-electron chi connectivity index (χ1n) is 10.3. The molecule has 2 aromatic heterocycles. The Morgan fingerprint density at radius 1 is 1.13 bits per heavy atom. The third-order valence-corrected chi connectivity index (χ3v) is 8.53. The Bertz CT molecular complexity index is 891. The second-order valence-corrected chi connectivity index (χ2v) is 10.6. The number of ether oxygens (including phenoxy) is 1. The third kappa shape index (κ3) is 5.01. The number of rotatable bonds is 7. The second kappa shape index (κ2) is 9.71. The molecule has 1 N–H and O–H groups in total. The zero-order chi connectivity index (χ0) is 21.0. The van der Waals surface area contributed by atoms with Crippen LogP contribution in [0.3, 0.4) is 0 Å². The predicted molar refractivity (Wildman–Crippen MR) is 118 cm³/mol. The molecule has 2 aliphatic heterocycles. The van der Waals surface area contributed by atoms with Gasteiger partial charge in [-0.2, -0.15) is 4.31 Å². The van der Waals surface area contributed by atoms with E-state index in [1.165, 1.54) is 11.1 Å². The van der Waals surface area contributed by atoms with Gasteiger partial charge in [0.2, 0.25) is 10.0 Å². The smallest absolute Gasteiger partial charge is 0.244 e. The Labute approximate surface area is 182 Å². The minimum atomic E-state index is -3.49. The van der Waals surface area contributed by atoms with Gasteiger partial charge in [0, 0.05) is 56.9 Å². The van der Waals surface area contributed by atoms with Gasteiger partial charge in [-0.05, 0) is 30.6 Å². The molecule has 0 amide bonds. The van der Waals surface area contributed by atoms with Crippen molar-refractivity contribution in [3.63, 3.8) is 0 Å². The summed E-state index contributed by atoms with van der Waals surface area (Å²) in [5.74, 6) is 0.683. The van der Waals surface area contributed by atoms with E-state index in [4.69, 9.17) is 4.74 Å². The van der Waals surface area contributed by atoms with Gasteiger partial charge in [0.1, 0.15) is 10.7 Å². The molecule has 4 rings (SSSR count). The highest BCUT2D eigenvalue weighted by atomic mass is 32.2. The van der Waals surface area contributed by atoms with Gasteiger partial charge in [0.05, 0.1) is 19.3 Å². The standard InChI is InChI=1S/C20H29N5O3S2/c1-23-6-8-25(9-7-23)30(26,27)17-4-5-20(21-15-17)22-16-18(19-3-2-14-29-19)24-10-12-28-13-11-24/h2-5,14-15,18H,6-13,16H2,1H3,(H,21,22). The molecule has 2 aliphatic rings. The number of morpholine rings is 1. The molecule has 0 bridgehead atoms. The van der Waals surface area contributed by atoms with Crippen molar-refractivity contribution in [2.75, 3.05) is 71.4 Å². The van der Waals surface area contributed by atoms with Gasteiger partial charge >= 0.3 is 0 Å². The van der Waals surface area contributed by atoms with Crippen LogP contribution in [-0.4, -0.2) is 93.6 Å². The maximum atomic E-state index is 12.9. The van der Waals surface area contributed by atoms with Crippen molar-refractivity contribution in [1.29, 1.82) is 0 Å². The third-order valence-electron chi connectivity index (χ3n) is 5.67. The molecule has 30 heavy (non-hydrogen) atoms. The van der Waals surface area contributed by atoms with Gasteiger partial charge in [-0.3, -0.25) is 4.90 Å². The number of nitrogens with one attached hydrogen (secondary N) is 1. The Hall–Kier alpha value is -1.56. The van der Waals surface area contributed by atoms with Gasteiger partial charge in [-0.15, -0.1) is 11.3 Å². The van der Waals surface area contributed by atoms with Crippen LogP contribution in [0.2, 0.25) is 0 Å². The lowest BCUT2D eigenvalue weighted by molar-refractivity contribution is 0.0194. The summed E-state index contributed by atoms with van der Waals surface area (Å²) in [6.07, 6.45) is 1.46. The fraction of sp³-hybridized carbons (Fsp3) is 0.550. The van der Waals surface area contributed by atoms with E-state index in [2.05, 4.69) is 37.6 Å². The van der Waals surface area contributed by atoms with Crippen molar-refractivity contribution in [3.05, 3.63) is 40.7 Å². The van der Waals surface area contributed by atoms with E-state index in [-0.39, 0.29) is 10.9 Å². The molecule has 1 unspecified atom stereocenters. The molecule has 8 nitrogen and oxygen atoms in total. The number of piperazine rings is 1. The van der Waals surface area contributed by atoms with E-state index in [0.717, 1.165) is 39.4 Å². The molecule has 0 radical (unpaired) electrons. The van der Waals surface area contributed by atoms with Crippen LogP contribution < -0.4 is 5.32 Å². The van der Waals surface area contributed by atoms with Gasteiger partial charge in [-0.25, -0.2) is 13.4 Å². The maximum absolute atomic E-state index is 12.9. The molecule has 2 saturated heterocycles. The highest BCUT2D eigenvalue weighted by molar-refractivity contribution is 7.89. The normalized spacial score (nSPS) is 20.8. The number of likely N-dealkylation sites (N-methyl/N-ethyl adjacent to an activating group) is 1. The van der Waals surface area contributed by atoms with Crippen LogP contribution in [0.5, 0.6) is 0 Å². The van der Waals surface area contributed by atoms with Gasteiger partial charge in [0.25, 0.3) is 0 Å². The van der Waals surface area contributed by atoms with Gasteiger partial charge in [-0.1, -0.05) is 6.07 Å². The number of hydrogen-bond acceptors (Lipinski definition) is 8. The van der Waals surface area contributed by atoms with E-state index in [1.54, 1.807) is 27.8 Å².